The summed E-state index contributed by atoms with van der Waals surface area (Å²) in [6.45, 7) is 7.68. The number of nitrogens with one attached hydrogen (secondary N) is 2. The summed E-state index contributed by atoms with van der Waals surface area (Å²) in [5.74, 6) is 0.660. The molecule has 2 aromatic rings. The Kier molecular flexibility index (Phi) is 7.41. The number of rotatable bonds is 7. The second kappa shape index (κ2) is 10.2. The Hall–Kier alpha value is -2.93. The molecule has 2 N–H and O–H groups in total. The van der Waals surface area contributed by atoms with E-state index in [1.54, 1.807) is 24.3 Å². The molecule has 2 amide bonds. The predicted octanol–water partition coefficient (Wildman–Crippen LogP) is 1.84. The van der Waals surface area contributed by atoms with Gasteiger partial charge in [0.1, 0.15) is 11.6 Å². The lowest BCUT2D eigenvalue weighted by Crippen LogP contribution is -3.15. The third-order valence-electron chi connectivity index (χ3n) is 4.96. The highest BCUT2D eigenvalue weighted by atomic mass is 19.1. The number of hydrogen-bond donors (Lipinski definition) is 2. The highest BCUT2D eigenvalue weighted by molar-refractivity contribution is 5.94. The lowest BCUT2D eigenvalue weighted by Gasteiger charge is -2.32. The predicted molar refractivity (Wildman–Crippen MR) is 113 cm³/mol. The van der Waals surface area contributed by atoms with E-state index in [0.29, 0.717) is 56.5 Å². The molecular weight excluding hydrogens is 385 g/mol. The van der Waals surface area contributed by atoms with Crippen LogP contribution in [0.4, 0.5) is 10.1 Å². The van der Waals surface area contributed by atoms with Gasteiger partial charge in [0.15, 0.2) is 6.54 Å². The molecule has 6 nitrogen and oxygen atoms in total. The fraction of sp³-hybridized carbons (Fsp3) is 0.391. The lowest BCUT2D eigenvalue weighted by molar-refractivity contribution is -0.895. The van der Waals surface area contributed by atoms with Crippen molar-refractivity contribution in [3.63, 3.8) is 0 Å². The minimum absolute atomic E-state index is 0.00586. The molecule has 0 aliphatic carbocycles. The molecule has 0 unspecified atom stereocenters. The van der Waals surface area contributed by atoms with Crippen LogP contribution in [0, 0.1) is 11.7 Å². The van der Waals surface area contributed by atoms with E-state index in [9.17, 15) is 14.0 Å². The van der Waals surface area contributed by atoms with Crippen LogP contribution in [0.3, 0.4) is 0 Å². The van der Waals surface area contributed by atoms with E-state index in [4.69, 9.17) is 4.74 Å². The van der Waals surface area contributed by atoms with Gasteiger partial charge in [0.2, 0.25) is 0 Å². The van der Waals surface area contributed by atoms with Crippen molar-refractivity contribution in [2.75, 3.05) is 44.6 Å². The zero-order chi connectivity index (χ0) is 21.5. The molecule has 7 heteroatoms. The van der Waals surface area contributed by atoms with E-state index < -0.39 is 0 Å². The van der Waals surface area contributed by atoms with Crippen LogP contribution in [0.15, 0.2) is 48.5 Å². The Morgan fingerprint density at radius 3 is 2.47 bits per heavy atom. The van der Waals surface area contributed by atoms with Crippen LogP contribution in [0.25, 0.3) is 0 Å². The highest BCUT2D eigenvalue weighted by Gasteiger charge is 2.26. The molecule has 0 radical (unpaired) electrons. The van der Waals surface area contributed by atoms with Gasteiger partial charge < -0.3 is 19.9 Å². The molecule has 0 aromatic heterocycles. The van der Waals surface area contributed by atoms with E-state index in [-0.39, 0.29) is 17.6 Å². The van der Waals surface area contributed by atoms with Gasteiger partial charge in [-0.15, -0.1) is 0 Å². The van der Waals surface area contributed by atoms with Crippen molar-refractivity contribution in [1.82, 2.24) is 4.90 Å². The van der Waals surface area contributed by atoms with Crippen LogP contribution in [0.1, 0.15) is 24.2 Å². The van der Waals surface area contributed by atoms with E-state index in [1.165, 1.54) is 12.1 Å². The average molecular weight is 415 g/mol. The zero-order valence-electron chi connectivity index (χ0n) is 17.5. The maximum atomic E-state index is 13.2. The standard InChI is InChI=1S/C23H28FN3O3/c1-17(2)16-30-21-8-6-18(7-9-21)23(29)27-12-10-26(11-13-27)15-22(28)25-20-5-3-4-19(24)14-20/h3-9,14,17H,10-13,15-16H2,1-2H3,(H,25,28)/p+1. The first-order valence-electron chi connectivity index (χ1n) is 10.3. The number of hydrogen-bond acceptors (Lipinski definition) is 3. The third kappa shape index (κ3) is 6.29. The summed E-state index contributed by atoms with van der Waals surface area (Å²) >= 11 is 0. The topological polar surface area (TPSA) is 63.1 Å². The first kappa shape index (κ1) is 21.8. The first-order chi connectivity index (χ1) is 14.4. The second-order valence-electron chi connectivity index (χ2n) is 8.01. The van der Waals surface area contributed by atoms with Crippen molar-refractivity contribution in [2.24, 2.45) is 5.92 Å². The second-order valence-corrected chi connectivity index (χ2v) is 8.01. The monoisotopic (exact) mass is 414 g/mol. The van der Waals surface area contributed by atoms with E-state index in [0.717, 1.165) is 10.6 Å². The molecule has 0 spiro atoms. The van der Waals surface area contributed by atoms with Gasteiger partial charge in [0.25, 0.3) is 11.8 Å². The van der Waals surface area contributed by atoms with Crippen LogP contribution >= 0.6 is 0 Å². The molecule has 0 saturated carbocycles. The normalized spacial score (nSPS) is 14.6. The van der Waals surface area contributed by atoms with Crippen LogP contribution in [0.2, 0.25) is 0 Å². The molecule has 0 bridgehead atoms. The minimum atomic E-state index is -0.383. The van der Waals surface area contributed by atoms with Crippen molar-refractivity contribution >= 4 is 17.5 Å². The van der Waals surface area contributed by atoms with Gasteiger partial charge >= 0.3 is 0 Å². The van der Waals surface area contributed by atoms with Crippen molar-refractivity contribution in [2.45, 2.75) is 13.8 Å². The van der Waals surface area contributed by atoms with Crippen molar-refractivity contribution < 1.29 is 23.6 Å². The Balaban J connectivity index is 1.45. The summed E-state index contributed by atoms with van der Waals surface area (Å²) in [6, 6.07) is 13.1. The Bertz CT molecular complexity index is 862. The van der Waals surface area contributed by atoms with Gasteiger partial charge in [0.05, 0.1) is 32.8 Å². The summed E-state index contributed by atoms with van der Waals surface area (Å²) < 4.78 is 18.9. The Morgan fingerprint density at radius 1 is 1.13 bits per heavy atom. The summed E-state index contributed by atoms with van der Waals surface area (Å²) in [4.78, 5) is 27.9. The van der Waals surface area contributed by atoms with Gasteiger partial charge in [-0.3, -0.25) is 9.59 Å². The van der Waals surface area contributed by atoms with E-state index >= 15 is 0 Å². The van der Waals surface area contributed by atoms with E-state index in [1.807, 2.05) is 17.0 Å². The van der Waals surface area contributed by atoms with Crippen molar-refractivity contribution in [1.29, 1.82) is 0 Å². The smallest absolute Gasteiger partial charge is 0.279 e. The fourth-order valence-electron chi connectivity index (χ4n) is 3.34. The SMILES string of the molecule is CC(C)COc1ccc(C(=O)N2CC[NH+](CC(=O)Nc3cccc(F)c3)CC2)cc1. The lowest BCUT2D eigenvalue weighted by atomic mass is 10.1. The molecule has 160 valence electrons. The van der Waals surface area contributed by atoms with Crippen LogP contribution < -0.4 is 15.0 Å². The molecule has 1 fully saturated rings. The fourth-order valence-corrected chi connectivity index (χ4v) is 3.34. The number of quaternary nitrogens is 1. The number of carbonyl (C=O) groups is 2. The summed E-state index contributed by atoms with van der Waals surface area (Å²) in [6.07, 6.45) is 0. The largest absolute Gasteiger partial charge is 0.493 e. The Labute approximate surface area is 176 Å². The van der Waals surface area contributed by atoms with Gasteiger partial charge in [-0.05, 0) is 48.4 Å². The molecule has 1 saturated heterocycles. The number of anilines is 1. The minimum Gasteiger partial charge on any atom is -0.493 e. The molecule has 30 heavy (non-hydrogen) atoms. The molecule has 1 aliphatic rings. The maximum Gasteiger partial charge on any atom is 0.279 e. The molecule has 2 aromatic carbocycles. The van der Waals surface area contributed by atoms with Gasteiger partial charge in [-0.2, -0.15) is 0 Å². The van der Waals surface area contributed by atoms with Crippen LogP contribution in [0.5, 0.6) is 5.75 Å². The number of amides is 2. The average Bonchev–Trinajstić information content (AvgIpc) is 2.72. The Morgan fingerprint density at radius 2 is 1.83 bits per heavy atom. The zero-order valence-corrected chi connectivity index (χ0v) is 17.5. The quantitative estimate of drug-likeness (QED) is 0.727. The van der Waals surface area contributed by atoms with E-state index in [2.05, 4.69) is 19.2 Å². The molecule has 3 rings (SSSR count). The summed E-state index contributed by atoms with van der Waals surface area (Å²) in [5, 5.41) is 2.72. The number of nitrogens with zero attached hydrogens (tertiary/aromatic N) is 1. The third-order valence-corrected chi connectivity index (χ3v) is 4.96. The maximum absolute atomic E-state index is 13.2. The molecular formula is C23H29FN3O3+. The first-order valence-corrected chi connectivity index (χ1v) is 10.3. The number of piperazine rings is 1. The van der Waals surface area contributed by atoms with Crippen LogP contribution in [-0.4, -0.2) is 56.0 Å². The highest BCUT2D eigenvalue weighted by Crippen LogP contribution is 2.15. The molecule has 0 atom stereocenters. The number of ether oxygens (including phenoxy) is 1. The van der Waals surface area contributed by atoms with Crippen LogP contribution in [-0.2, 0) is 4.79 Å². The number of benzene rings is 2. The van der Waals surface area contributed by atoms with Gasteiger partial charge in [-0.25, -0.2) is 4.39 Å². The molecule has 1 aliphatic heterocycles. The number of halogens is 1. The van der Waals surface area contributed by atoms with Gasteiger partial charge in [-0.1, -0.05) is 19.9 Å². The summed E-state index contributed by atoms with van der Waals surface area (Å²) in [7, 11) is 0. The van der Waals surface area contributed by atoms with Crippen molar-refractivity contribution in [3.05, 3.63) is 59.9 Å². The molecule has 1 heterocycles. The van der Waals surface area contributed by atoms with Crippen molar-refractivity contribution in [3.8, 4) is 5.75 Å². The van der Waals surface area contributed by atoms with Gasteiger partial charge in [0, 0.05) is 11.3 Å². The number of carbonyl (C=O) groups excluding carboxylic acids is 2. The summed E-state index contributed by atoms with van der Waals surface area (Å²) in [5.41, 5.74) is 1.09.